The number of hydrogen-bond acceptors (Lipinski definition) is 4. The first-order valence-electron chi connectivity index (χ1n) is 9.66. The summed E-state index contributed by atoms with van der Waals surface area (Å²) in [6.45, 7) is 4.07. The Kier molecular flexibility index (Phi) is 5.98. The summed E-state index contributed by atoms with van der Waals surface area (Å²) in [4.78, 5) is 27.5. The number of rotatable bonds is 5. The minimum Gasteiger partial charge on any atom is -0.465 e. The van der Waals surface area contributed by atoms with Gasteiger partial charge in [0.1, 0.15) is 5.92 Å². The summed E-state index contributed by atoms with van der Waals surface area (Å²) in [6.07, 6.45) is 2.25. The second-order valence-electron chi connectivity index (χ2n) is 7.46. The first-order valence-corrected chi connectivity index (χ1v) is 9.66. The molecular weight excluding hydrogens is 350 g/mol. The minimum atomic E-state index is -0.792. The second kappa shape index (κ2) is 8.42. The standard InChI is InChI=1S/C24H27NO3/c1-5-28-24(27)23-21(18-10-12-20(13-11-18)25(3)4)14-19(15-22(23)26)17-8-6-16(2)7-9-17/h6-13,15,21,23H,5,14H2,1-4H3/t21-,23+/m1/s1. The van der Waals surface area contributed by atoms with Crippen molar-refractivity contribution in [2.24, 2.45) is 5.92 Å². The highest BCUT2D eigenvalue weighted by Gasteiger charge is 2.39. The van der Waals surface area contributed by atoms with Crippen molar-refractivity contribution >= 4 is 23.0 Å². The number of carbonyl (C=O) groups is 2. The third-order valence-electron chi connectivity index (χ3n) is 5.27. The molecule has 28 heavy (non-hydrogen) atoms. The number of allylic oxidation sites excluding steroid dienone is 2. The summed E-state index contributed by atoms with van der Waals surface area (Å²) in [5.41, 5.74) is 5.22. The monoisotopic (exact) mass is 377 g/mol. The molecule has 0 bridgehead atoms. The summed E-state index contributed by atoms with van der Waals surface area (Å²) in [5, 5.41) is 0. The molecule has 1 aliphatic carbocycles. The van der Waals surface area contributed by atoms with Crippen molar-refractivity contribution in [2.75, 3.05) is 25.6 Å². The predicted octanol–water partition coefficient (Wildman–Crippen LogP) is 4.38. The van der Waals surface area contributed by atoms with Crippen LogP contribution >= 0.6 is 0 Å². The van der Waals surface area contributed by atoms with E-state index in [1.165, 1.54) is 5.56 Å². The van der Waals surface area contributed by atoms with Crippen LogP contribution in [0.15, 0.2) is 54.6 Å². The normalized spacial score (nSPS) is 19.1. The number of hydrogen-bond donors (Lipinski definition) is 0. The number of ether oxygens (including phenoxy) is 1. The molecule has 146 valence electrons. The van der Waals surface area contributed by atoms with Crippen molar-refractivity contribution in [3.05, 3.63) is 71.3 Å². The molecule has 0 fully saturated rings. The lowest BCUT2D eigenvalue weighted by molar-refractivity contribution is -0.151. The van der Waals surface area contributed by atoms with E-state index in [-0.39, 0.29) is 18.3 Å². The molecule has 2 aromatic rings. The molecule has 0 unspecified atom stereocenters. The fourth-order valence-electron chi connectivity index (χ4n) is 3.68. The first kappa shape index (κ1) is 19.9. The first-order chi connectivity index (χ1) is 13.4. The van der Waals surface area contributed by atoms with Gasteiger partial charge < -0.3 is 9.64 Å². The molecule has 2 atom stereocenters. The Morgan fingerprint density at radius 3 is 2.29 bits per heavy atom. The molecule has 0 heterocycles. The third kappa shape index (κ3) is 4.16. The van der Waals surface area contributed by atoms with Crippen molar-refractivity contribution in [1.82, 2.24) is 0 Å². The van der Waals surface area contributed by atoms with E-state index in [0.29, 0.717) is 6.42 Å². The van der Waals surface area contributed by atoms with Gasteiger partial charge in [-0.05, 0) is 55.2 Å². The highest BCUT2D eigenvalue weighted by molar-refractivity contribution is 6.10. The van der Waals surface area contributed by atoms with Gasteiger partial charge in [0.25, 0.3) is 0 Å². The fraction of sp³-hybridized carbons (Fsp3) is 0.333. The molecule has 0 aliphatic heterocycles. The smallest absolute Gasteiger partial charge is 0.317 e. The van der Waals surface area contributed by atoms with Crippen LogP contribution in [-0.4, -0.2) is 32.5 Å². The lowest BCUT2D eigenvalue weighted by Gasteiger charge is -2.30. The molecule has 0 saturated carbocycles. The number of ketones is 1. The van der Waals surface area contributed by atoms with E-state index in [0.717, 1.165) is 22.4 Å². The lowest BCUT2D eigenvalue weighted by Crippen LogP contribution is -2.34. The maximum atomic E-state index is 12.9. The molecule has 0 N–H and O–H groups in total. The van der Waals surface area contributed by atoms with Crippen LogP contribution in [0, 0.1) is 12.8 Å². The van der Waals surface area contributed by atoms with E-state index in [1.54, 1.807) is 13.0 Å². The Morgan fingerprint density at radius 2 is 1.71 bits per heavy atom. The third-order valence-corrected chi connectivity index (χ3v) is 5.27. The van der Waals surface area contributed by atoms with Crippen LogP contribution in [0.5, 0.6) is 0 Å². The predicted molar refractivity (Wildman–Crippen MR) is 112 cm³/mol. The molecule has 0 radical (unpaired) electrons. The molecular formula is C24H27NO3. The molecule has 0 aromatic heterocycles. The summed E-state index contributed by atoms with van der Waals surface area (Å²) in [7, 11) is 3.97. The van der Waals surface area contributed by atoms with E-state index in [2.05, 4.69) is 0 Å². The van der Waals surface area contributed by atoms with Gasteiger partial charge >= 0.3 is 5.97 Å². The van der Waals surface area contributed by atoms with E-state index < -0.39 is 11.9 Å². The maximum Gasteiger partial charge on any atom is 0.317 e. The molecule has 4 nitrogen and oxygen atoms in total. The van der Waals surface area contributed by atoms with Crippen molar-refractivity contribution in [1.29, 1.82) is 0 Å². The molecule has 1 aliphatic rings. The van der Waals surface area contributed by atoms with Gasteiger partial charge in [0.05, 0.1) is 6.61 Å². The molecule has 2 aromatic carbocycles. The van der Waals surface area contributed by atoms with E-state index in [9.17, 15) is 9.59 Å². The quantitative estimate of drug-likeness (QED) is 0.573. The Hall–Kier alpha value is -2.88. The van der Waals surface area contributed by atoms with Crippen LogP contribution in [0.1, 0.15) is 36.0 Å². The van der Waals surface area contributed by atoms with Crippen LogP contribution in [0.2, 0.25) is 0 Å². The van der Waals surface area contributed by atoms with Gasteiger partial charge in [0, 0.05) is 25.7 Å². The van der Waals surface area contributed by atoms with Gasteiger partial charge in [-0.3, -0.25) is 9.59 Å². The maximum absolute atomic E-state index is 12.9. The number of aryl methyl sites for hydroxylation is 1. The Balaban J connectivity index is 1.99. The molecule has 4 heteroatoms. The minimum absolute atomic E-state index is 0.179. The lowest BCUT2D eigenvalue weighted by atomic mass is 9.73. The van der Waals surface area contributed by atoms with Crippen LogP contribution < -0.4 is 4.90 Å². The van der Waals surface area contributed by atoms with Crippen LogP contribution in [0.4, 0.5) is 5.69 Å². The SMILES string of the molecule is CCOC(=O)[C@@H]1C(=O)C=C(c2ccc(C)cc2)C[C@@H]1c1ccc(N(C)C)cc1. The zero-order valence-electron chi connectivity index (χ0n) is 16.9. The van der Waals surface area contributed by atoms with Gasteiger partial charge in [-0.2, -0.15) is 0 Å². The number of nitrogens with zero attached hydrogens (tertiary/aromatic N) is 1. The fourth-order valence-corrected chi connectivity index (χ4v) is 3.68. The highest BCUT2D eigenvalue weighted by Crippen LogP contribution is 2.40. The molecule has 0 spiro atoms. The Labute approximate surface area is 166 Å². The van der Waals surface area contributed by atoms with Crippen molar-refractivity contribution in [3.63, 3.8) is 0 Å². The number of carbonyl (C=O) groups excluding carboxylic acids is 2. The van der Waals surface area contributed by atoms with E-state index in [1.807, 2.05) is 74.4 Å². The van der Waals surface area contributed by atoms with Gasteiger partial charge in [-0.1, -0.05) is 42.0 Å². The van der Waals surface area contributed by atoms with Crippen LogP contribution in [0.3, 0.4) is 0 Å². The Morgan fingerprint density at radius 1 is 1.07 bits per heavy atom. The second-order valence-corrected chi connectivity index (χ2v) is 7.46. The number of anilines is 1. The summed E-state index contributed by atoms with van der Waals surface area (Å²) >= 11 is 0. The Bertz CT molecular complexity index is 879. The van der Waals surface area contributed by atoms with Crippen LogP contribution in [0.25, 0.3) is 5.57 Å². The highest BCUT2D eigenvalue weighted by atomic mass is 16.5. The van der Waals surface area contributed by atoms with Gasteiger partial charge in [0.2, 0.25) is 0 Å². The van der Waals surface area contributed by atoms with Gasteiger partial charge in [0.15, 0.2) is 5.78 Å². The zero-order chi connectivity index (χ0) is 20.3. The van der Waals surface area contributed by atoms with Gasteiger partial charge in [-0.15, -0.1) is 0 Å². The van der Waals surface area contributed by atoms with Crippen molar-refractivity contribution in [2.45, 2.75) is 26.2 Å². The van der Waals surface area contributed by atoms with E-state index >= 15 is 0 Å². The zero-order valence-corrected chi connectivity index (χ0v) is 16.9. The average molecular weight is 377 g/mol. The molecule has 0 saturated heterocycles. The number of esters is 1. The van der Waals surface area contributed by atoms with Crippen molar-refractivity contribution < 1.29 is 14.3 Å². The van der Waals surface area contributed by atoms with Crippen LogP contribution in [-0.2, 0) is 14.3 Å². The summed E-state index contributed by atoms with van der Waals surface area (Å²) < 4.78 is 5.22. The summed E-state index contributed by atoms with van der Waals surface area (Å²) in [5.74, 6) is -1.64. The topological polar surface area (TPSA) is 46.6 Å². The number of benzene rings is 2. The van der Waals surface area contributed by atoms with E-state index in [4.69, 9.17) is 4.74 Å². The van der Waals surface area contributed by atoms with Crippen molar-refractivity contribution in [3.8, 4) is 0 Å². The molecule has 3 rings (SSSR count). The summed E-state index contributed by atoms with van der Waals surface area (Å²) in [6, 6.07) is 16.2. The average Bonchev–Trinajstić information content (AvgIpc) is 2.68. The van der Waals surface area contributed by atoms with Gasteiger partial charge in [-0.25, -0.2) is 0 Å². The largest absolute Gasteiger partial charge is 0.465 e. The molecule has 0 amide bonds.